The van der Waals surface area contributed by atoms with Crippen LogP contribution in [0.3, 0.4) is 0 Å². The summed E-state index contributed by atoms with van der Waals surface area (Å²) >= 11 is 1.33. The SMILES string of the molecule is CCOC(=O)C1C(=O)c2sc(-c3ccc4c(c3)CCO4)nc2CN1Cc1ccc(OC)cc1OC. The average molecular weight is 495 g/mol. The van der Waals surface area contributed by atoms with Gasteiger partial charge in [-0.25, -0.2) is 9.78 Å². The number of carbonyl (C=O) groups excluding carboxylic acids is 2. The van der Waals surface area contributed by atoms with Gasteiger partial charge in [0.1, 0.15) is 22.3 Å². The fourth-order valence-corrected chi connectivity index (χ4v) is 5.53. The number of nitrogens with zero attached hydrogens (tertiary/aromatic N) is 2. The molecule has 0 fully saturated rings. The normalized spacial score (nSPS) is 16.9. The van der Waals surface area contributed by atoms with Crippen molar-refractivity contribution in [2.24, 2.45) is 0 Å². The van der Waals surface area contributed by atoms with Crippen molar-refractivity contribution in [1.82, 2.24) is 9.88 Å². The molecule has 3 heterocycles. The third-order valence-corrected chi connectivity index (χ3v) is 7.36. The number of hydrogen-bond acceptors (Lipinski definition) is 9. The standard InChI is InChI=1S/C26H26N2O6S/c1-4-33-26(30)22-23(29)24-19(14-28(22)13-17-5-7-18(31-2)12-21(17)32-3)27-25(35-24)16-6-8-20-15(11-16)9-10-34-20/h5-8,11-12,22H,4,9-10,13-14H2,1-3H3. The molecule has 0 saturated carbocycles. The summed E-state index contributed by atoms with van der Waals surface area (Å²) in [5.74, 6) is 1.33. The lowest BCUT2D eigenvalue weighted by atomic mass is 10.0. The molecule has 2 aromatic carbocycles. The van der Waals surface area contributed by atoms with E-state index in [1.165, 1.54) is 11.3 Å². The van der Waals surface area contributed by atoms with E-state index >= 15 is 0 Å². The van der Waals surface area contributed by atoms with E-state index in [1.807, 2.05) is 24.3 Å². The average Bonchev–Trinajstić information content (AvgIpc) is 3.51. The summed E-state index contributed by atoms with van der Waals surface area (Å²) in [6.07, 6.45) is 0.857. The highest BCUT2D eigenvalue weighted by molar-refractivity contribution is 7.17. The molecule has 0 radical (unpaired) electrons. The van der Waals surface area contributed by atoms with Gasteiger partial charge in [0, 0.05) is 36.7 Å². The lowest BCUT2D eigenvalue weighted by molar-refractivity contribution is -0.148. The maximum Gasteiger partial charge on any atom is 0.331 e. The van der Waals surface area contributed by atoms with E-state index in [9.17, 15) is 9.59 Å². The maximum absolute atomic E-state index is 13.6. The Morgan fingerprint density at radius 1 is 1.20 bits per heavy atom. The van der Waals surface area contributed by atoms with E-state index in [2.05, 4.69) is 6.07 Å². The van der Waals surface area contributed by atoms with Crippen LogP contribution < -0.4 is 14.2 Å². The summed E-state index contributed by atoms with van der Waals surface area (Å²) in [6, 6.07) is 10.4. The van der Waals surface area contributed by atoms with Crippen molar-refractivity contribution in [2.75, 3.05) is 27.4 Å². The Morgan fingerprint density at radius 2 is 2.06 bits per heavy atom. The Labute approximate surface area is 207 Å². The van der Waals surface area contributed by atoms with Crippen LogP contribution in [0, 0.1) is 0 Å². The van der Waals surface area contributed by atoms with Gasteiger partial charge >= 0.3 is 5.97 Å². The van der Waals surface area contributed by atoms with Gasteiger partial charge in [-0.3, -0.25) is 9.69 Å². The van der Waals surface area contributed by atoms with Gasteiger partial charge in [0.2, 0.25) is 5.78 Å². The second kappa shape index (κ2) is 9.67. The Balaban J connectivity index is 1.50. The molecular weight excluding hydrogens is 468 g/mol. The number of aromatic nitrogens is 1. The molecule has 2 aliphatic rings. The lowest BCUT2D eigenvalue weighted by Gasteiger charge is -2.32. The number of Topliss-reactive ketones (excluding diaryl/α,β-unsaturated/α-hetero) is 1. The Morgan fingerprint density at radius 3 is 2.83 bits per heavy atom. The molecule has 2 aliphatic heterocycles. The molecule has 8 nitrogen and oxygen atoms in total. The van der Waals surface area contributed by atoms with Gasteiger partial charge in [-0.2, -0.15) is 0 Å². The van der Waals surface area contributed by atoms with Crippen LogP contribution >= 0.6 is 11.3 Å². The number of rotatable bonds is 7. The minimum Gasteiger partial charge on any atom is -0.497 e. The van der Waals surface area contributed by atoms with Crippen LogP contribution in [0.1, 0.15) is 33.4 Å². The first-order chi connectivity index (χ1) is 17.0. The lowest BCUT2D eigenvalue weighted by Crippen LogP contribution is -2.49. The number of hydrogen-bond donors (Lipinski definition) is 0. The molecular formula is C26H26N2O6S. The van der Waals surface area contributed by atoms with E-state index in [0.717, 1.165) is 33.9 Å². The van der Waals surface area contributed by atoms with Gasteiger partial charge in [-0.05, 0) is 36.8 Å². The molecule has 0 N–H and O–H groups in total. The number of ether oxygens (including phenoxy) is 4. The maximum atomic E-state index is 13.6. The van der Waals surface area contributed by atoms with Gasteiger partial charge in [0.05, 0.1) is 38.0 Å². The van der Waals surface area contributed by atoms with E-state index in [-0.39, 0.29) is 12.4 Å². The molecule has 9 heteroatoms. The Bertz CT molecular complexity index is 1290. The number of methoxy groups -OCH3 is 2. The van der Waals surface area contributed by atoms with Gasteiger partial charge in [0.25, 0.3) is 0 Å². The largest absolute Gasteiger partial charge is 0.497 e. The number of ketones is 1. The van der Waals surface area contributed by atoms with E-state index in [4.69, 9.17) is 23.9 Å². The molecule has 182 valence electrons. The van der Waals surface area contributed by atoms with E-state index in [1.54, 1.807) is 32.1 Å². The summed E-state index contributed by atoms with van der Waals surface area (Å²) in [7, 11) is 3.17. The second-order valence-electron chi connectivity index (χ2n) is 8.32. The predicted molar refractivity (Wildman–Crippen MR) is 130 cm³/mol. The molecule has 3 aromatic rings. The molecule has 5 rings (SSSR count). The van der Waals surface area contributed by atoms with Crippen LogP contribution in [0.5, 0.6) is 17.2 Å². The van der Waals surface area contributed by atoms with Crippen molar-refractivity contribution in [2.45, 2.75) is 32.5 Å². The van der Waals surface area contributed by atoms with Crippen LogP contribution in [0.4, 0.5) is 0 Å². The Kier molecular flexibility index (Phi) is 6.44. The Hall–Kier alpha value is -3.43. The third-order valence-electron chi connectivity index (χ3n) is 6.20. The highest BCUT2D eigenvalue weighted by Gasteiger charge is 2.42. The quantitative estimate of drug-likeness (QED) is 0.361. The number of carbonyl (C=O) groups is 2. The molecule has 1 aromatic heterocycles. The summed E-state index contributed by atoms with van der Waals surface area (Å²) in [6.45, 7) is 3.25. The summed E-state index contributed by atoms with van der Waals surface area (Å²) in [5, 5.41) is 0.754. The smallest absolute Gasteiger partial charge is 0.331 e. The molecule has 1 unspecified atom stereocenters. The van der Waals surface area contributed by atoms with Crippen molar-refractivity contribution in [1.29, 1.82) is 0 Å². The minimum atomic E-state index is -1.05. The number of esters is 1. The van der Waals surface area contributed by atoms with Crippen molar-refractivity contribution >= 4 is 23.1 Å². The zero-order chi connectivity index (χ0) is 24.5. The molecule has 0 saturated heterocycles. The van der Waals surface area contributed by atoms with Gasteiger partial charge < -0.3 is 18.9 Å². The molecule has 0 aliphatic carbocycles. The van der Waals surface area contributed by atoms with Crippen molar-refractivity contribution < 1.29 is 28.5 Å². The van der Waals surface area contributed by atoms with Crippen LogP contribution in [0.25, 0.3) is 10.6 Å². The zero-order valence-corrected chi connectivity index (χ0v) is 20.6. The first-order valence-electron chi connectivity index (χ1n) is 11.4. The van der Waals surface area contributed by atoms with E-state index in [0.29, 0.717) is 41.8 Å². The third kappa shape index (κ3) is 4.37. The van der Waals surface area contributed by atoms with Crippen LogP contribution in [0.15, 0.2) is 36.4 Å². The molecule has 35 heavy (non-hydrogen) atoms. The van der Waals surface area contributed by atoms with Crippen LogP contribution in [-0.2, 0) is 29.0 Å². The molecule has 0 bridgehead atoms. The second-order valence-corrected chi connectivity index (χ2v) is 9.32. The topological polar surface area (TPSA) is 87.2 Å². The van der Waals surface area contributed by atoms with E-state index < -0.39 is 12.0 Å². The molecule has 1 atom stereocenters. The minimum absolute atomic E-state index is 0.195. The molecule has 0 spiro atoms. The number of benzene rings is 2. The first-order valence-corrected chi connectivity index (χ1v) is 12.3. The van der Waals surface area contributed by atoms with Gasteiger partial charge in [0.15, 0.2) is 6.04 Å². The number of thiazole rings is 1. The predicted octanol–water partition coefficient (Wildman–Crippen LogP) is 3.89. The summed E-state index contributed by atoms with van der Waals surface area (Å²) in [5.41, 5.74) is 3.57. The van der Waals surface area contributed by atoms with Crippen LogP contribution in [-0.4, -0.2) is 55.1 Å². The monoisotopic (exact) mass is 494 g/mol. The zero-order valence-electron chi connectivity index (χ0n) is 19.8. The van der Waals surface area contributed by atoms with Crippen molar-refractivity contribution in [3.63, 3.8) is 0 Å². The molecule has 0 amide bonds. The first kappa shape index (κ1) is 23.3. The van der Waals surface area contributed by atoms with Gasteiger partial charge in [-0.15, -0.1) is 11.3 Å². The highest BCUT2D eigenvalue weighted by atomic mass is 32.1. The number of fused-ring (bicyclic) bond motifs is 2. The summed E-state index contributed by atoms with van der Waals surface area (Å²) in [4.78, 5) is 33.6. The van der Waals surface area contributed by atoms with Gasteiger partial charge in [-0.1, -0.05) is 6.07 Å². The highest BCUT2D eigenvalue weighted by Crippen LogP contribution is 2.37. The van der Waals surface area contributed by atoms with Crippen molar-refractivity contribution in [3.05, 3.63) is 58.1 Å². The van der Waals surface area contributed by atoms with Crippen LogP contribution in [0.2, 0.25) is 0 Å². The fraction of sp³-hybridized carbons (Fsp3) is 0.346. The fourth-order valence-electron chi connectivity index (χ4n) is 4.49. The summed E-state index contributed by atoms with van der Waals surface area (Å²) < 4.78 is 21.7. The van der Waals surface area contributed by atoms with Crippen molar-refractivity contribution in [3.8, 4) is 27.8 Å².